The standard InChI is InChI=1S/C19H22FN3O2/c1-2-9-21-17(24)13-18(25)23-12-11-22-10-3-4-16(22)19(23)14-5-7-15(20)8-6-14/h3-8,10,19H,2,9,11-13H2,1H3,(H,21,24). The van der Waals surface area contributed by atoms with Crippen molar-refractivity contribution in [2.75, 3.05) is 13.1 Å². The minimum absolute atomic E-state index is 0.168. The van der Waals surface area contributed by atoms with Crippen molar-refractivity contribution in [3.8, 4) is 0 Å². The predicted molar refractivity (Wildman–Crippen MR) is 92.3 cm³/mol. The zero-order valence-electron chi connectivity index (χ0n) is 14.2. The molecule has 0 bridgehead atoms. The molecule has 1 aliphatic heterocycles. The molecule has 0 radical (unpaired) electrons. The molecule has 0 fully saturated rings. The molecule has 1 aliphatic rings. The van der Waals surface area contributed by atoms with Gasteiger partial charge in [-0.2, -0.15) is 0 Å². The molecule has 25 heavy (non-hydrogen) atoms. The summed E-state index contributed by atoms with van der Waals surface area (Å²) in [5.74, 6) is -0.784. The molecule has 132 valence electrons. The van der Waals surface area contributed by atoms with Gasteiger partial charge in [-0.05, 0) is 36.2 Å². The normalized spacial score (nSPS) is 16.4. The van der Waals surface area contributed by atoms with E-state index in [2.05, 4.69) is 9.88 Å². The highest BCUT2D eigenvalue weighted by Gasteiger charge is 2.32. The van der Waals surface area contributed by atoms with Gasteiger partial charge in [0.2, 0.25) is 11.8 Å². The summed E-state index contributed by atoms with van der Waals surface area (Å²) in [4.78, 5) is 26.4. The predicted octanol–water partition coefficient (Wildman–Crippen LogP) is 2.48. The number of halogens is 1. The Bertz CT molecular complexity index is 754. The van der Waals surface area contributed by atoms with Gasteiger partial charge in [0.25, 0.3) is 0 Å². The third-order valence-electron chi connectivity index (χ3n) is 4.43. The second kappa shape index (κ2) is 7.51. The number of benzene rings is 1. The van der Waals surface area contributed by atoms with Crippen LogP contribution in [0.4, 0.5) is 4.39 Å². The largest absolute Gasteiger partial charge is 0.356 e. The van der Waals surface area contributed by atoms with Crippen molar-refractivity contribution in [1.82, 2.24) is 14.8 Å². The van der Waals surface area contributed by atoms with E-state index in [4.69, 9.17) is 0 Å². The average molecular weight is 343 g/mol. The summed E-state index contributed by atoms with van der Waals surface area (Å²) in [6, 6.07) is 9.77. The first-order chi connectivity index (χ1) is 12.1. The van der Waals surface area contributed by atoms with Crippen LogP contribution in [0.3, 0.4) is 0 Å². The Morgan fingerprint density at radius 1 is 1.20 bits per heavy atom. The summed E-state index contributed by atoms with van der Waals surface area (Å²) in [6.07, 6.45) is 2.63. The van der Waals surface area contributed by atoms with Gasteiger partial charge >= 0.3 is 0 Å². The number of carbonyl (C=O) groups excluding carboxylic acids is 2. The lowest BCUT2D eigenvalue weighted by atomic mass is 9.99. The topological polar surface area (TPSA) is 54.3 Å². The number of nitrogens with zero attached hydrogens (tertiary/aromatic N) is 2. The molecule has 1 atom stereocenters. The molecule has 2 aromatic rings. The van der Waals surface area contributed by atoms with Crippen LogP contribution in [0.2, 0.25) is 0 Å². The fourth-order valence-corrected chi connectivity index (χ4v) is 3.21. The lowest BCUT2D eigenvalue weighted by Gasteiger charge is -2.37. The molecule has 2 heterocycles. The lowest BCUT2D eigenvalue weighted by Crippen LogP contribution is -2.44. The Morgan fingerprint density at radius 3 is 2.68 bits per heavy atom. The van der Waals surface area contributed by atoms with Crippen LogP contribution in [0.5, 0.6) is 0 Å². The van der Waals surface area contributed by atoms with Crippen LogP contribution in [0, 0.1) is 5.82 Å². The second-order valence-electron chi connectivity index (χ2n) is 6.19. The first kappa shape index (κ1) is 17.2. The molecular formula is C19H22FN3O2. The smallest absolute Gasteiger partial charge is 0.232 e. The molecule has 0 spiro atoms. The molecule has 5 nitrogen and oxygen atoms in total. The Morgan fingerprint density at radius 2 is 1.96 bits per heavy atom. The summed E-state index contributed by atoms with van der Waals surface area (Å²) in [5.41, 5.74) is 1.81. The van der Waals surface area contributed by atoms with Crippen molar-refractivity contribution < 1.29 is 14.0 Å². The summed E-state index contributed by atoms with van der Waals surface area (Å²) < 4.78 is 15.4. The highest BCUT2D eigenvalue weighted by Crippen LogP contribution is 2.32. The molecule has 2 amide bonds. The highest BCUT2D eigenvalue weighted by molar-refractivity contribution is 5.97. The zero-order chi connectivity index (χ0) is 17.8. The molecule has 1 N–H and O–H groups in total. The van der Waals surface area contributed by atoms with E-state index in [9.17, 15) is 14.0 Å². The fourth-order valence-electron chi connectivity index (χ4n) is 3.21. The Balaban J connectivity index is 1.85. The van der Waals surface area contributed by atoms with Gasteiger partial charge in [-0.1, -0.05) is 19.1 Å². The van der Waals surface area contributed by atoms with Gasteiger partial charge in [0.1, 0.15) is 12.2 Å². The number of amides is 2. The third-order valence-corrected chi connectivity index (χ3v) is 4.43. The first-order valence-corrected chi connectivity index (χ1v) is 8.57. The van der Waals surface area contributed by atoms with Gasteiger partial charge in [0.05, 0.1) is 6.04 Å². The number of hydrogen-bond acceptors (Lipinski definition) is 2. The Labute approximate surface area is 146 Å². The SMILES string of the molecule is CCCNC(=O)CC(=O)N1CCn2cccc2C1c1ccc(F)cc1. The Kier molecular flexibility index (Phi) is 5.16. The third kappa shape index (κ3) is 3.73. The summed E-state index contributed by atoms with van der Waals surface area (Å²) in [5, 5.41) is 2.74. The van der Waals surface area contributed by atoms with E-state index in [0.717, 1.165) is 17.7 Å². The van der Waals surface area contributed by atoms with Crippen molar-refractivity contribution in [2.24, 2.45) is 0 Å². The van der Waals surface area contributed by atoms with Crippen molar-refractivity contribution in [1.29, 1.82) is 0 Å². The minimum atomic E-state index is -0.313. The van der Waals surface area contributed by atoms with Crippen molar-refractivity contribution in [2.45, 2.75) is 32.4 Å². The Hall–Kier alpha value is -2.63. The molecule has 1 aromatic heterocycles. The van der Waals surface area contributed by atoms with Crippen LogP contribution in [-0.2, 0) is 16.1 Å². The maximum Gasteiger partial charge on any atom is 0.232 e. The van der Waals surface area contributed by atoms with E-state index in [0.29, 0.717) is 19.6 Å². The number of carbonyl (C=O) groups is 2. The summed E-state index contributed by atoms with van der Waals surface area (Å²) in [6.45, 7) is 3.73. The summed E-state index contributed by atoms with van der Waals surface area (Å²) >= 11 is 0. The van der Waals surface area contributed by atoms with Crippen LogP contribution in [-0.4, -0.2) is 34.4 Å². The van der Waals surface area contributed by atoms with Gasteiger partial charge in [-0.3, -0.25) is 9.59 Å². The van der Waals surface area contributed by atoms with Gasteiger partial charge < -0.3 is 14.8 Å². The summed E-state index contributed by atoms with van der Waals surface area (Å²) in [7, 11) is 0. The van der Waals surface area contributed by atoms with Gasteiger partial charge in [-0.25, -0.2) is 4.39 Å². The molecule has 3 rings (SSSR count). The molecule has 1 unspecified atom stereocenters. The van der Waals surface area contributed by atoms with E-state index in [-0.39, 0.29) is 30.1 Å². The molecule has 0 saturated carbocycles. The van der Waals surface area contributed by atoms with Crippen LogP contribution in [0.1, 0.15) is 37.1 Å². The maximum atomic E-state index is 13.3. The number of fused-ring (bicyclic) bond motifs is 1. The van der Waals surface area contributed by atoms with Gasteiger partial charge in [0, 0.05) is 31.5 Å². The van der Waals surface area contributed by atoms with E-state index in [1.54, 1.807) is 17.0 Å². The zero-order valence-corrected chi connectivity index (χ0v) is 14.2. The van der Waals surface area contributed by atoms with E-state index in [1.807, 2.05) is 25.3 Å². The van der Waals surface area contributed by atoms with Gasteiger partial charge in [-0.15, -0.1) is 0 Å². The van der Waals surface area contributed by atoms with Crippen LogP contribution < -0.4 is 5.32 Å². The van der Waals surface area contributed by atoms with Gasteiger partial charge in [0.15, 0.2) is 0 Å². The van der Waals surface area contributed by atoms with Crippen molar-refractivity contribution in [3.63, 3.8) is 0 Å². The van der Waals surface area contributed by atoms with Crippen molar-refractivity contribution >= 4 is 11.8 Å². The number of aromatic nitrogens is 1. The average Bonchev–Trinajstić information content (AvgIpc) is 3.08. The minimum Gasteiger partial charge on any atom is -0.356 e. The number of nitrogens with one attached hydrogen (secondary N) is 1. The molecule has 1 aromatic carbocycles. The monoisotopic (exact) mass is 343 g/mol. The molecule has 0 saturated heterocycles. The quantitative estimate of drug-likeness (QED) is 0.848. The fraction of sp³-hybridized carbons (Fsp3) is 0.368. The maximum absolute atomic E-state index is 13.3. The van der Waals surface area contributed by atoms with Crippen LogP contribution in [0.15, 0.2) is 42.6 Å². The van der Waals surface area contributed by atoms with Crippen LogP contribution >= 0.6 is 0 Å². The van der Waals surface area contributed by atoms with E-state index >= 15 is 0 Å². The molecule has 6 heteroatoms. The number of hydrogen-bond donors (Lipinski definition) is 1. The first-order valence-electron chi connectivity index (χ1n) is 8.57. The molecular weight excluding hydrogens is 321 g/mol. The van der Waals surface area contributed by atoms with E-state index in [1.165, 1.54) is 12.1 Å². The van der Waals surface area contributed by atoms with Crippen molar-refractivity contribution in [3.05, 3.63) is 59.7 Å². The van der Waals surface area contributed by atoms with Crippen LogP contribution in [0.25, 0.3) is 0 Å². The number of rotatable bonds is 5. The van der Waals surface area contributed by atoms with E-state index < -0.39 is 0 Å². The highest BCUT2D eigenvalue weighted by atomic mass is 19.1. The lowest BCUT2D eigenvalue weighted by molar-refractivity contribution is -0.138. The molecule has 0 aliphatic carbocycles. The second-order valence-corrected chi connectivity index (χ2v) is 6.19.